The van der Waals surface area contributed by atoms with Gasteiger partial charge in [-0.25, -0.2) is 0 Å². The van der Waals surface area contributed by atoms with Gasteiger partial charge in [0.15, 0.2) is 5.78 Å². The van der Waals surface area contributed by atoms with Crippen LogP contribution in [-0.2, 0) is 4.79 Å². The van der Waals surface area contributed by atoms with Crippen molar-refractivity contribution in [1.82, 2.24) is 0 Å². The quantitative estimate of drug-likeness (QED) is 0.725. The topological polar surface area (TPSA) is 37.3 Å². The number of rotatable bonds is 5. The molecule has 5 heteroatoms. The molecule has 0 rings (SSSR count). The fourth-order valence-electron chi connectivity index (χ4n) is 0.890. The second-order valence-electron chi connectivity index (χ2n) is 3.08. The molecule has 1 atom stereocenters. The summed E-state index contributed by atoms with van der Waals surface area (Å²) in [6, 6.07) is 0. The molecule has 0 aliphatic heterocycles. The van der Waals surface area contributed by atoms with Gasteiger partial charge in [-0.2, -0.15) is 13.2 Å². The first kappa shape index (κ1) is 13.9. The molecular weight excluding hydrogens is 209 g/mol. The van der Waals surface area contributed by atoms with Crippen molar-refractivity contribution in [3.8, 4) is 0 Å². The molecule has 0 aromatic heterocycles. The highest BCUT2D eigenvalue weighted by Crippen LogP contribution is 2.28. The van der Waals surface area contributed by atoms with Crippen LogP contribution in [0.25, 0.3) is 0 Å². The molecule has 0 amide bonds. The van der Waals surface area contributed by atoms with Crippen LogP contribution < -0.4 is 0 Å². The van der Waals surface area contributed by atoms with Crippen LogP contribution in [0.15, 0.2) is 24.3 Å². The standard InChI is InChI=1S/C10H13F3O2/c1-3-4-8(10(11,12)13)5-6-9(15)7(2)14/h3,5,9,15H,1,4,6H2,2H3/b8-5-. The largest absolute Gasteiger partial charge is 0.412 e. The molecule has 0 aromatic carbocycles. The number of hydrogen-bond acceptors (Lipinski definition) is 2. The van der Waals surface area contributed by atoms with Crippen LogP contribution in [0.5, 0.6) is 0 Å². The number of hydrogen-bond donors (Lipinski definition) is 1. The molecule has 0 aromatic rings. The second-order valence-corrected chi connectivity index (χ2v) is 3.08. The number of aliphatic hydroxyl groups is 1. The van der Waals surface area contributed by atoms with E-state index in [0.29, 0.717) is 0 Å². The molecular formula is C10H13F3O2. The van der Waals surface area contributed by atoms with Crippen molar-refractivity contribution < 1.29 is 23.1 Å². The maximum atomic E-state index is 12.3. The van der Waals surface area contributed by atoms with E-state index in [2.05, 4.69) is 6.58 Å². The Morgan fingerprint density at radius 2 is 2.07 bits per heavy atom. The molecule has 0 radical (unpaired) electrons. The average Bonchev–Trinajstić information content (AvgIpc) is 2.09. The average molecular weight is 222 g/mol. The monoisotopic (exact) mass is 222 g/mol. The Morgan fingerprint density at radius 3 is 2.40 bits per heavy atom. The number of carbonyl (C=O) groups excluding carboxylic acids is 1. The van der Waals surface area contributed by atoms with Gasteiger partial charge in [0, 0.05) is 5.57 Å². The number of halogens is 3. The third kappa shape index (κ3) is 5.37. The first-order valence-electron chi connectivity index (χ1n) is 4.34. The Balaban J connectivity index is 4.56. The molecule has 0 saturated heterocycles. The zero-order chi connectivity index (χ0) is 12.1. The summed E-state index contributed by atoms with van der Waals surface area (Å²) in [5, 5.41) is 9.02. The molecule has 0 aliphatic carbocycles. The van der Waals surface area contributed by atoms with Crippen LogP contribution >= 0.6 is 0 Å². The van der Waals surface area contributed by atoms with Crippen molar-refractivity contribution in [2.75, 3.05) is 0 Å². The first-order chi connectivity index (χ1) is 6.79. The Morgan fingerprint density at radius 1 is 1.53 bits per heavy atom. The SMILES string of the molecule is C=CC/C(=C/CC(O)C(C)=O)C(F)(F)F. The summed E-state index contributed by atoms with van der Waals surface area (Å²) < 4.78 is 36.8. The summed E-state index contributed by atoms with van der Waals surface area (Å²) in [5.74, 6) is -0.550. The lowest BCUT2D eigenvalue weighted by molar-refractivity contribution is -0.124. The van der Waals surface area contributed by atoms with Gasteiger partial charge in [-0.15, -0.1) is 6.58 Å². The van der Waals surface area contributed by atoms with Crippen LogP contribution in [0, 0.1) is 0 Å². The maximum absolute atomic E-state index is 12.3. The number of Topliss-reactive ketones (excluding diaryl/α,β-unsaturated/α-hetero) is 1. The van der Waals surface area contributed by atoms with E-state index in [9.17, 15) is 18.0 Å². The molecule has 0 fully saturated rings. The van der Waals surface area contributed by atoms with E-state index in [1.54, 1.807) is 0 Å². The van der Waals surface area contributed by atoms with Gasteiger partial charge < -0.3 is 5.11 Å². The van der Waals surface area contributed by atoms with Gasteiger partial charge in [0.25, 0.3) is 0 Å². The lowest BCUT2D eigenvalue weighted by atomic mass is 10.1. The number of ketones is 1. The number of allylic oxidation sites excluding steroid dienone is 2. The highest BCUT2D eigenvalue weighted by Gasteiger charge is 2.32. The zero-order valence-electron chi connectivity index (χ0n) is 8.34. The lowest BCUT2D eigenvalue weighted by Gasteiger charge is -2.10. The van der Waals surface area contributed by atoms with E-state index in [4.69, 9.17) is 5.11 Å². The number of alkyl halides is 3. The van der Waals surface area contributed by atoms with Gasteiger partial charge in [-0.1, -0.05) is 12.2 Å². The van der Waals surface area contributed by atoms with Crippen molar-refractivity contribution in [3.05, 3.63) is 24.3 Å². The van der Waals surface area contributed by atoms with E-state index in [0.717, 1.165) is 19.1 Å². The molecule has 86 valence electrons. The summed E-state index contributed by atoms with van der Waals surface area (Å²) in [4.78, 5) is 10.6. The maximum Gasteiger partial charge on any atom is 0.412 e. The molecule has 0 bridgehead atoms. The Hall–Kier alpha value is -1.10. The minimum Gasteiger partial charge on any atom is -0.385 e. The predicted molar refractivity (Wildman–Crippen MR) is 50.3 cm³/mol. The van der Waals surface area contributed by atoms with E-state index in [-0.39, 0.29) is 12.8 Å². The first-order valence-corrected chi connectivity index (χ1v) is 4.34. The van der Waals surface area contributed by atoms with Gasteiger partial charge in [-0.05, 0) is 19.8 Å². The minimum absolute atomic E-state index is 0.321. The van der Waals surface area contributed by atoms with Crippen LogP contribution in [0.4, 0.5) is 13.2 Å². The molecule has 1 N–H and O–H groups in total. The smallest absolute Gasteiger partial charge is 0.385 e. The van der Waals surface area contributed by atoms with E-state index in [1.165, 1.54) is 0 Å². The zero-order valence-corrected chi connectivity index (χ0v) is 8.34. The molecule has 0 heterocycles. The van der Waals surface area contributed by atoms with Crippen LogP contribution in [0.2, 0.25) is 0 Å². The second kappa shape index (κ2) is 5.70. The summed E-state index contributed by atoms with van der Waals surface area (Å²) in [6.07, 6.45) is -4.50. The normalized spacial score (nSPS) is 14.9. The molecule has 15 heavy (non-hydrogen) atoms. The van der Waals surface area contributed by atoms with Crippen molar-refractivity contribution in [2.24, 2.45) is 0 Å². The highest BCUT2D eigenvalue weighted by molar-refractivity contribution is 5.80. The fraction of sp³-hybridized carbons (Fsp3) is 0.500. The Bertz CT molecular complexity index is 266. The third-order valence-electron chi connectivity index (χ3n) is 1.79. The number of carbonyl (C=O) groups is 1. The number of aliphatic hydroxyl groups excluding tert-OH is 1. The summed E-state index contributed by atoms with van der Waals surface area (Å²) in [7, 11) is 0. The summed E-state index contributed by atoms with van der Waals surface area (Å²) in [5.41, 5.74) is -0.794. The van der Waals surface area contributed by atoms with E-state index in [1.807, 2.05) is 0 Å². The summed E-state index contributed by atoms with van der Waals surface area (Å²) >= 11 is 0. The van der Waals surface area contributed by atoms with E-state index >= 15 is 0 Å². The van der Waals surface area contributed by atoms with Crippen molar-refractivity contribution in [3.63, 3.8) is 0 Å². The van der Waals surface area contributed by atoms with Crippen LogP contribution in [0.1, 0.15) is 19.8 Å². The fourth-order valence-corrected chi connectivity index (χ4v) is 0.890. The molecule has 2 nitrogen and oxygen atoms in total. The lowest BCUT2D eigenvalue weighted by Crippen LogP contribution is -2.17. The van der Waals surface area contributed by atoms with Crippen molar-refractivity contribution in [2.45, 2.75) is 32.0 Å². The third-order valence-corrected chi connectivity index (χ3v) is 1.79. The van der Waals surface area contributed by atoms with Gasteiger partial charge in [-0.3, -0.25) is 4.79 Å². The van der Waals surface area contributed by atoms with Gasteiger partial charge in [0.2, 0.25) is 0 Å². The molecule has 0 saturated carbocycles. The van der Waals surface area contributed by atoms with Gasteiger partial charge in [0.1, 0.15) is 6.10 Å². The van der Waals surface area contributed by atoms with Gasteiger partial charge in [0.05, 0.1) is 0 Å². The summed E-state index contributed by atoms with van der Waals surface area (Å²) in [6.45, 7) is 4.33. The van der Waals surface area contributed by atoms with E-state index < -0.39 is 23.6 Å². The van der Waals surface area contributed by atoms with Gasteiger partial charge >= 0.3 is 6.18 Å². The highest BCUT2D eigenvalue weighted by atomic mass is 19.4. The van der Waals surface area contributed by atoms with Crippen molar-refractivity contribution in [1.29, 1.82) is 0 Å². The van der Waals surface area contributed by atoms with Crippen LogP contribution in [-0.4, -0.2) is 23.2 Å². The Labute approximate surface area is 86.1 Å². The van der Waals surface area contributed by atoms with Crippen molar-refractivity contribution >= 4 is 5.78 Å². The molecule has 1 unspecified atom stereocenters. The van der Waals surface area contributed by atoms with Crippen LogP contribution in [0.3, 0.4) is 0 Å². The minimum atomic E-state index is -4.44. The predicted octanol–water partition coefficient (Wildman–Crippen LogP) is 2.39. The Kier molecular flexibility index (Phi) is 5.28. The molecule has 0 spiro atoms. The molecule has 0 aliphatic rings.